The highest BCUT2D eigenvalue weighted by molar-refractivity contribution is 6.29. The highest BCUT2D eigenvalue weighted by Crippen LogP contribution is 2.06. The van der Waals surface area contributed by atoms with Crippen molar-refractivity contribution in [1.82, 2.24) is 4.98 Å². The minimum Gasteiger partial charge on any atom is -0.237 e. The summed E-state index contributed by atoms with van der Waals surface area (Å²) in [5, 5.41) is 0.517. The molecule has 0 aliphatic carbocycles. The molecule has 0 radical (unpaired) electrons. The molecule has 0 atom stereocenters. The smallest absolute Gasteiger partial charge is 0.129 e. The van der Waals surface area contributed by atoms with Gasteiger partial charge in [-0.2, -0.15) is 0 Å². The van der Waals surface area contributed by atoms with E-state index < -0.39 is 0 Å². The molecule has 0 amide bonds. The first kappa shape index (κ1) is 9.56. The molecule has 1 aromatic rings. The Balaban J connectivity index is 2.63. The second-order valence-corrected chi connectivity index (χ2v) is 3.03. The van der Waals surface area contributed by atoms with Gasteiger partial charge >= 0.3 is 0 Å². The van der Waals surface area contributed by atoms with Crippen LogP contribution in [-0.4, -0.2) is 10.9 Å². The van der Waals surface area contributed by atoms with Crippen molar-refractivity contribution < 1.29 is 0 Å². The fraction of sp³-hybridized carbons (Fsp3) is 0.222. The van der Waals surface area contributed by atoms with Gasteiger partial charge in [0.1, 0.15) is 5.15 Å². The number of pyridine rings is 1. The van der Waals surface area contributed by atoms with Crippen molar-refractivity contribution in [1.29, 1.82) is 0 Å². The van der Waals surface area contributed by atoms with Crippen LogP contribution in [0.5, 0.6) is 0 Å². The van der Waals surface area contributed by atoms with Gasteiger partial charge in [0.25, 0.3) is 0 Å². The van der Waals surface area contributed by atoms with Crippen LogP contribution in [0.3, 0.4) is 0 Å². The molecule has 1 heterocycles. The van der Waals surface area contributed by atoms with Crippen LogP contribution in [0.15, 0.2) is 24.3 Å². The summed E-state index contributed by atoms with van der Waals surface area (Å²) in [5.41, 5.74) is 0.868. The fourth-order valence-corrected chi connectivity index (χ4v) is 1.08. The van der Waals surface area contributed by atoms with Crippen molar-refractivity contribution in [2.75, 3.05) is 5.88 Å². The third kappa shape index (κ3) is 3.24. The van der Waals surface area contributed by atoms with Gasteiger partial charge in [0.2, 0.25) is 0 Å². The van der Waals surface area contributed by atoms with Gasteiger partial charge < -0.3 is 0 Å². The predicted octanol–water partition coefficient (Wildman–Crippen LogP) is 3.38. The summed E-state index contributed by atoms with van der Waals surface area (Å²) in [4.78, 5) is 4.08. The normalized spacial score (nSPS) is 10.8. The van der Waals surface area contributed by atoms with E-state index in [4.69, 9.17) is 23.2 Å². The Hall–Kier alpha value is -0.530. The third-order valence-electron chi connectivity index (χ3n) is 1.30. The number of hydrogen-bond acceptors (Lipinski definition) is 1. The van der Waals surface area contributed by atoms with E-state index in [1.54, 1.807) is 6.07 Å². The van der Waals surface area contributed by atoms with Crippen molar-refractivity contribution in [3.8, 4) is 0 Å². The fourth-order valence-electron chi connectivity index (χ4n) is 0.784. The van der Waals surface area contributed by atoms with Crippen molar-refractivity contribution in [2.45, 2.75) is 6.42 Å². The van der Waals surface area contributed by atoms with Crippen molar-refractivity contribution in [2.24, 2.45) is 0 Å². The molecule has 0 aromatic carbocycles. The summed E-state index contributed by atoms with van der Waals surface area (Å²) in [6.45, 7) is 0. The number of alkyl halides is 1. The van der Waals surface area contributed by atoms with Crippen molar-refractivity contribution in [3.05, 3.63) is 35.1 Å². The Morgan fingerprint density at radius 1 is 1.42 bits per heavy atom. The van der Waals surface area contributed by atoms with Gasteiger partial charge in [-0.15, -0.1) is 11.6 Å². The minimum absolute atomic E-state index is 0.517. The van der Waals surface area contributed by atoms with Crippen molar-refractivity contribution >= 4 is 29.3 Å². The zero-order valence-corrected chi connectivity index (χ0v) is 8.02. The molecule has 0 bridgehead atoms. The lowest BCUT2D eigenvalue weighted by molar-refractivity contribution is 1.23. The molecular weight excluding hydrogens is 193 g/mol. The lowest BCUT2D eigenvalue weighted by Crippen LogP contribution is -1.79. The summed E-state index contributed by atoms with van der Waals surface area (Å²) < 4.78 is 0. The lowest BCUT2D eigenvalue weighted by Gasteiger charge is -1.92. The molecule has 0 aliphatic heterocycles. The molecule has 0 unspecified atom stereocenters. The number of halogens is 2. The van der Waals surface area contributed by atoms with E-state index in [2.05, 4.69) is 4.98 Å². The first-order valence-electron chi connectivity index (χ1n) is 3.68. The zero-order valence-electron chi connectivity index (χ0n) is 6.50. The van der Waals surface area contributed by atoms with E-state index in [1.807, 2.05) is 24.3 Å². The van der Waals surface area contributed by atoms with Crippen LogP contribution in [0, 0.1) is 0 Å². The van der Waals surface area contributed by atoms with Gasteiger partial charge in [-0.25, -0.2) is 4.98 Å². The monoisotopic (exact) mass is 201 g/mol. The summed E-state index contributed by atoms with van der Waals surface area (Å²) in [6.07, 6.45) is 4.75. The first-order chi connectivity index (χ1) is 5.83. The molecular formula is C9H9Cl2N. The van der Waals surface area contributed by atoms with E-state index in [-0.39, 0.29) is 0 Å². The second kappa shape index (κ2) is 5.18. The molecule has 3 heteroatoms. The Morgan fingerprint density at radius 2 is 2.25 bits per heavy atom. The van der Waals surface area contributed by atoms with Crippen LogP contribution >= 0.6 is 23.2 Å². The molecule has 0 N–H and O–H groups in total. The van der Waals surface area contributed by atoms with Gasteiger partial charge in [-0.05, 0) is 24.6 Å². The number of hydrogen-bond donors (Lipinski definition) is 0. The van der Waals surface area contributed by atoms with E-state index in [1.165, 1.54) is 0 Å². The van der Waals surface area contributed by atoms with Gasteiger partial charge in [0.15, 0.2) is 0 Å². The standard InChI is InChI=1S/C9H9Cl2N/c10-7-2-1-4-8-5-3-6-9(11)12-8/h1,3-6H,2,7H2. The average molecular weight is 202 g/mol. The van der Waals surface area contributed by atoms with Crippen LogP contribution in [0.4, 0.5) is 0 Å². The van der Waals surface area contributed by atoms with E-state index in [0.29, 0.717) is 11.0 Å². The molecule has 1 aromatic heterocycles. The summed E-state index contributed by atoms with van der Waals surface area (Å²) in [6, 6.07) is 5.52. The number of aromatic nitrogens is 1. The van der Waals surface area contributed by atoms with Gasteiger partial charge in [-0.3, -0.25) is 0 Å². The largest absolute Gasteiger partial charge is 0.237 e. The topological polar surface area (TPSA) is 12.9 Å². The van der Waals surface area contributed by atoms with Crippen LogP contribution in [0.25, 0.3) is 6.08 Å². The second-order valence-electron chi connectivity index (χ2n) is 2.27. The van der Waals surface area contributed by atoms with Crippen LogP contribution < -0.4 is 0 Å². The Morgan fingerprint density at radius 3 is 2.92 bits per heavy atom. The molecule has 0 aliphatic rings. The molecule has 0 fully saturated rings. The summed E-state index contributed by atoms with van der Waals surface area (Å²) in [5.74, 6) is 0.636. The summed E-state index contributed by atoms with van der Waals surface area (Å²) >= 11 is 11.2. The molecule has 0 spiro atoms. The quantitative estimate of drug-likeness (QED) is 0.540. The van der Waals surface area contributed by atoms with Crippen LogP contribution in [-0.2, 0) is 0 Å². The van der Waals surface area contributed by atoms with Crippen LogP contribution in [0.2, 0.25) is 5.15 Å². The van der Waals surface area contributed by atoms with Crippen LogP contribution in [0.1, 0.15) is 12.1 Å². The maximum Gasteiger partial charge on any atom is 0.129 e. The van der Waals surface area contributed by atoms with E-state index >= 15 is 0 Å². The van der Waals surface area contributed by atoms with Crippen molar-refractivity contribution in [3.63, 3.8) is 0 Å². The predicted molar refractivity (Wildman–Crippen MR) is 53.6 cm³/mol. The molecule has 0 saturated heterocycles. The lowest BCUT2D eigenvalue weighted by atomic mass is 10.3. The Kier molecular flexibility index (Phi) is 4.12. The first-order valence-corrected chi connectivity index (χ1v) is 4.59. The highest BCUT2D eigenvalue weighted by Gasteiger charge is 1.88. The maximum atomic E-state index is 5.69. The summed E-state index contributed by atoms with van der Waals surface area (Å²) in [7, 11) is 0. The highest BCUT2D eigenvalue weighted by atomic mass is 35.5. The molecule has 12 heavy (non-hydrogen) atoms. The SMILES string of the molecule is ClCCC=Cc1cccc(Cl)n1. The van der Waals surface area contributed by atoms with Gasteiger partial charge in [0.05, 0.1) is 5.69 Å². The third-order valence-corrected chi connectivity index (χ3v) is 1.73. The molecule has 0 saturated carbocycles. The number of allylic oxidation sites excluding steroid dienone is 1. The van der Waals surface area contributed by atoms with E-state index in [9.17, 15) is 0 Å². The van der Waals surface area contributed by atoms with Gasteiger partial charge in [0, 0.05) is 5.88 Å². The minimum atomic E-state index is 0.517. The maximum absolute atomic E-state index is 5.69. The zero-order chi connectivity index (χ0) is 8.81. The average Bonchev–Trinajstić information content (AvgIpc) is 2.05. The van der Waals surface area contributed by atoms with Gasteiger partial charge in [-0.1, -0.05) is 23.7 Å². The number of rotatable bonds is 3. The molecule has 1 rings (SSSR count). The molecule has 1 nitrogen and oxygen atoms in total. The molecule has 64 valence electrons. The Labute approximate surface area is 82.0 Å². The van der Waals surface area contributed by atoms with E-state index in [0.717, 1.165) is 12.1 Å². The number of nitrogens with zero attached hydrogens (tertiary/aromatic N) is 1. The Bertz CT molecular complexity index is 271.